The SMILES string of the molecule is COc1ccc(-n2nc3c(cnc4ccccc43)c2SCc2cccc(C(F)(F)F)c2)cc1. The van der Waals surface area contributed by atoms with Gasteiger partial charge in [0, 0.05) is 17.3 Å². The van der Waals surface area contributed by atoms with E-state index < -0.39 is 11.7 Å². The van der Waals surface area contributed by atoms with Crippen molar-refractivity contribution < 1.29 is 17.9 Å². The maximum absolute atomic E-state index is 13.1. The lowest BCUT2D eigenvalue weighted by Gasteiger charge is -2.10. The number of nitrogens with zero attached hydrogens (tertiary/aromatic N) is 3. The third kappa shape index (κ3) is 4.14. The number of ether oxygens (including phenoxy) is 1. The normalized spacial score (nSPS) is 11.9. The van der Waals surface area contributed by atoms with Crippen LogP contribution >= 0.6 is 11.8 Å². The summed E-state index contributed by atoms with van der Waals surface area (Å²) < 4.78 is 46.5. The first-order valence-corrected chi connectivity index (χ1v) is 11.1. The largest absolute Gasteiger partial charge is 0.497 e. The van der Waals surface area contributed by atoms with Crippen LogP contribution in [0.1, 0.15) is 11.1 Å². The Bertz CT molecular complexity index is 1450. The molecule has 5 rings (SSSR count). The van der Waals surface area contributed by atoms with E-state index in [2.05, 4.69) is 4.98 Å². The first-order valence-electron chi connectivity index (χ1n) is 10.1. The van der Waals surface area contributed by atoms with E-state index in [0.717, 1.165) is 44.3 Å². The highest BCUT2D eigenvalue weighted by molar-refractivity contribution is 7.98. The zero-order valence-corrected chi connectivity index (χ0v) is 18.3. The third-order valence-corrected chi connectivity index (χ3v) is 6.46. The molecule has 3 aromatic carbocycles. The minimum absolute atomic E-state index is 0.355. The number of para-hydroxylation sites is 1. The van der Waals surface area contributed by atoms with Crippen LogP contribution in [0.5, 0.6) is 5.75 Å². The molecular weight excluding hydrogens is 447 g/mol. The van der Waals surface area contributed by atoms with Crippen molar-refractivity contribution in [2.24, 2.45) is 0 Å². The Hall–Kier alpha value is -3.52. The van der Waals surface area contributed by atoms with E-state index in [1.54, 1.807) is 19.4 Å². The van der Waals surface area contributed by atoms with Crippen molar-refractivity contribution in [1.29, 1.82) is 0 Å². The number of pyridine rings is 1. The number of rotatable bonds is 5. The highest BCUT2D eigenvalue weighted by Crippen LogP contribution is 2.36. The summed E-state index contributed by atoms with van der Waals surface area (Å²) in [6, 6.07) is 20.7. The smallest absolute Gasteiger partial charge is 0.416 e. The molecule has 0 fully saturated rings. The summed E-state index contributed by atoms with van der Waals surface area (Å²) in [6.45, 7) is 0. The van der Waals surface area contributed by atoms with Gasteiger partial charge in [0.2, 0.25) is 0 Å². The van der Waals surface area contributed by atoms with Crippen molar-refractivity contribution in [3.8, 4) is 11.4 Å². The molecule has 5 aromatic rings. The fourth-order valence-corrected chi connectivity index (χ4v) is 4.73. The number of thioether (sulfide) groups is 1. The number of methoxy groups -OCH3 is 1. The predicted molar refractivity (Wildman–Crippen MR) is 124 cm³/mol. The Kier molecular flexibility index (Phi) is 5.46. The standard InChI is InChI=1S/C25H18F3N3OS/c1-32-19-11-9-18(10-12-19)31-24(33-15-16-5-4-6-17(13-16)25(26,27)28)21-14-29-22-8-3-2-7-20(22)23(21)30-31/h2-14H,15H2,1H3. The fraction of sp³-hybridized carbons (Fsp3) is 0.120. The van der Waals surface area contributed by atoms with E-state index in [1.807, 2.05) is 53.2 Å². The molecular formula is C25H18F3N3OS. The first-order chi connectivity index (χ1) is 15.9. The van der Waals surface area contributed by atoms with E-state index in [-0.39, 0.29) is 0 Å². The van der Waals surface area contributed by atoms with Gasteiger partial charge in [0.15, 0.2) is 0 Å². The predicted octanol–water partition coefficient (Wildman–Crippen LogP) is 6.89. The van der Waals surface area contributed by atoms with Crippen molar-refractivity contribution in [2.75, 3.05) is 7.11 Å². The quantitative estimate of drug-likeness (QED) is 0.265. The lowest BCUT2D eigenvalue weighted by atomic mass is 10.1. The molecule has 0 radical (unpaired) electrons. The Morgan fingerprint density at radius 2 is 1.73 bits per heavy atom. The summed E-state index contributed by atoms with van der Waals surface area (Å²) >= 11 is 1.43. The molecule has 0 atom stereocenters. The number of alkyl halides is 3. The highest BCUT2D eigenvalue weighted by atomic mass is 32.2. The number of benzene rings is 3. The molecule has 0 N–H and O–H groups in total. The van der Waals surface area contributed by atoms with Gasteiger partial charge >= 0.3 is 6.18 Å². The number of halogens is 3. The molecule has 4 nitrogen and oxygen atoms in total. The van der Waals surface area contributed by atoms with E-state index in [1.165, 1.54) is 23.9 Å². The monoisotopic (exact) mass is 465 g/mol. The van der Waals surface area contributed by atoms with Crippen LogP contribution in [0.15, 0.2) is 84.0 Å². The molecule has 2 aromatic heterocycles. The first kappa shape index (κ1) is 21.3. The lowest BCUT2D eigenvalue weighted by molar-refractivity contribution is -0.137. The van der Waals surface area contributed by atoms with Crippen LogP contribution in [-0.2, 0) is 11.9 Å². The molecule has 0 bridgehead atoms. The summed E-state index contributed by atoms with van der Waals surface area (Å²) in [5.74, 6) is 1.08. The number of hydrogen-bond donors (Lipinski definition) is 0. The Balaban J connectivity index is 1.60. The van der Waals surface area contributed by atoms with Gasteiger partial charge < -0.3 is 4.74 Å². The van der Waals surface area contributed by atoms with Gasteiger partial charge in [-0.1, -0.05) is 36.4 Å². The van der Waals surface area contributed by atoms with Crippen LogP contribution in [0.25, 0.3) is 27.5 Å². The highest BCUT2D eigenvalue weighted by Gasteiger charge is 2.30. The van der Waals surface area contributed by atoms with E-state index >= 15 is 0 Å². The number of fused-ring (bicyclic) bond motifs is 3. The van der Waals surface area contributed by atoms with Gasteiger partial charge in [-0.3, -0.25) is 4.98 Å². The zero-order chi connectivity index (χ0) is 23.0. The molecule has 0 saturated heterocycles. The molecule has 2 heterocycles. The van der Waals surface area contributed by atoms with Crippen molar-refractivity contribution in [3.63, 3.8) is 0 Å². The molecule has 0 unspecified atom stereocenters. The Labute approximate surface area is 192 Å². The zero-order valence-electron chi connectivity index (χ0n) is 17.5. The number of aromatic nitrogens is 3. The van der Waals surface area contributed by atoms with Gasteiger partial charge in [-0.25, -0.2) is 4.68 Å². The maximum atomic E-state index is 13.1. The van der Waals surface area contributed by atoms with Gasteiger partial charge in [0.25, 0.3) is 0 Å². The molecule has 0 aliphatic carbocycles. The van der Waals surface area contributed by atoms with Gasteiger partial charge in [-0.15, -0.1) is 11.8 Å². The fourth-order valence-electron chi connectivity index (χ4n) is 3.68. The summed E-state index contributed by atoms with van der Waals surface area (Å²) in [5.41, 5.74) is 2.38. The average molecular weight is 466 g/mol. The van der Waals surface area contributed by atoms with Crippen LogP contribution in [0.2, 0.25) is 0 Å². The molecule has 8 heteroatoms. The van der Waals surface area contributed by atoms with Gasteiger partial charge in [0.05, 0.1) is 29.3 Å². The topological polar surface area (TPSA) is 39.9 Å². The molecule has 0 spiro atoms. The van der Waals surface area contributed by atoms with Crippen LogP contribution in [0.4, 0.5) is 13.2 Å². The molecule has 0 aliphatic rings. The summed E-state index contributed by atoms with van der Waals surface area (Å²) in [7, 11) is 1.60. The van der Waals surface area contributed by atoms with Gasteiger partial charge in [0.1, 0.15) is 16.3 Å². The van der Waals surface area contributed by atoms with E-state index in [9.17, 15) is 13.2 Å². The van der Waals surface area contributed by atoms with Crippen LogP contribution in [-0.4, -0.2) is 21.9 Å². The number of hydrogen-bond acceptors (Lipinski definition) is 4. The Morgan fingerprint density at radius 3 is 2.48 bits per heavy atom. The summed E-state index contributed by atoms with van der Waals surface area (Å²) in [4.78, 5) is 4.57. The second-order valence-corrected chi connectivity index (χ2v) is 8.40. The maximum Gasteiger partial charge on any atom is 0.416 e. The molecule has 166 valence electrons. The van der Waals surface area contributed by atoms with Crippen molar-refractivity contribution in [2.45, 2.75) is 17.0 Å². The molecule has 33 heavy (non-hydrogen) atoms. The summed E-state index contributed by atoms with van der Waals surface area (Å²) in [6.07, 6.45) is -2.60. The van der Waals surface area contributed by atoms with Gasteiger partial charge in [-0.2, -0.15) is 18.3 Å². The average Bonchev–Trinajstić information content (AvgIpc) is 3.21. The van der Waals surface area contributed by atoms with E-state index in [4.69, 9.17) is 9.84 Å². The minimum atomic E-state index is -4.37. The van der Waals surface area contributed by atoms with Crippen LogP contribution in [0.3, 0.4) is 0 Å². The van der Waals surface area contributed by atoms with E-state index in [0.29, 0.717) is 11.3 Å². The van der Waals surface area contributed by atoms with Crippen molar-refractivity contribution >= 4 is 33.6 Å². The minimum Gasteiger partial charge on any atom is -0.497 e. The Morgan fingerprint density at radius 1 is 0.939 bits per heavy atom. The van der Waals surface area contributed by atoms with Crippen molar-refractivity contribution in [3.05, 3.63) is 90.1 Å². The second-order valence-electron chi connectivity index (χ2n) is 7.44. The lowest BCUT2D eigenvalue weighted by Crippen LogP contribution is -2.05. The van der Waals surface area contributed by atoms with Crippen LogP contribution < -0.4 is 4.74 Å². The molecule has 0 amide bonds. The van der Waals surface area contributed by atoms with Gasteiger partial charge in [-0.05, 0) is 42.0 Å². The van der Waals surface area contributed by atoms with Crippen molar-refractivity contribution in [1.82, 2.24) is 14.8 Å². The second kappa shape index (κ2) is 8.44. The third-order valence-electron chi connectivity index (χ3n) is 5.32. The molecule has 0 saturated carbocycles. The van der Waals surface area contributed by atoms with Crippen LogP contribution in [0, 0.1) is 0 Å². The molecule has 0 aliphatic heterocycles. The summed E-state index contributed by atoms with van der Waals surface area (Å²) in [5, 5.41) is 7.45.